The average Bonchev–Trinajstić information content (AvgIpc) is 2.26. The highest BCUT2D eigenvalue weighted by Crippen LogP contribution is 2.18. The standard InChI is InChI=1S/C14H24N2/c1-11(2)13-6-5-12(3)14(9-13)7-8-16-10-15-4/h5-6,9,11,15-16H,7-8,10H2,1-4H3. The van der Waals surface area contributed by atoms with Crippen molar-refractivity contribution in [2.45, 2.75) is 33.1 Å². The third-order valence-corrected chi connectivity index (χ3v) is 2.91. The number of hydrogen-bond acceptors (Lipinski definition) is 2. The number of nitrogens with one attached hydrogen (secondary N) is 2. The molecule has 0 atom stereocenters. The summed E-state index contributed by atoms with van der Waals surface area (Å²) in [5, 5.41) is 6.44. The van der Waals surface area contributed by atoms with E-state index in [1.165, 1.54) is 16.7 Å². The van der Waals surface area contributed by atoms with E-state index in [0.29, 0.717) is 5.92 Å². The Balaban J connectivity index is 2.60. The lowest BCUT2D eigenvalue weighted by Crippen LogP contribution is -2.27. The van der Waals surface area contributed by atoms with E-state index >= 15 is 0 Å². The molecular weight excluding hydrogens is 196 g/mol. The molecule has 1 aromatic carbocycles. The van der Waals surface area contributed by atoms with E-state index in [1.54, 1.807) is 0 Å². The predicted octanol–water partition coefficient (Wildman–Crippen LogP) is 2.43. The lowest BCUT2D eigenvalue weighted by atomic mass is 9.96. The molecule has 0 saturated carbocycles. The smallest absolute Gasteiger partial charge is 0.0451 e. The minimum absolute atomic E-state index is 0.615. The first-order valence-electron chi connectivity index (χ1n) is 6.10. The van der Waals surface area contributed by atoms with Crippen LogP contribution >= 0.6 is 0 Å². The van der Waals surface area contributed by atoms with E-state index in [-0.39, 0.29) is 0 Å². The number of aryl methyl sites for hydroxylation is 1. The maximum atomic E-state index is 3.35. The van der Waals surface area contributed by atoms with Crippen molar-refractivity contribution < 1.29 is 0 Å². The fourth-order valence-corrected chi connectivity index (χ4v) is 1.76. The molecule has 2 heteroatoms. The van der Waals surface area contributed by atoms with Crippen LogP contribution < -0.4 is 10.6 Å². The molecule has 0 heterocycles. The molecule has 0 bridgehead atoms. The Labute approximate surface area is 99.5 Å². The van der Waals surface area contributed by atoms with Crippen LogP contribution in [0, 0.1) is 6.92 Å². The highest BCUT2D eigenvalue weighted by molar-refractivity contribution is 5.32. The van der Waals surface area contributed by atoms with E-state index in [4.69, 9.17) is 0 Å². The Kier molecular flexibility index (Phi) is 5.50. The maximum absolute atomic E-state index is 3.35. The molecule has 0 aromatic heterocycles. The molecule has 0 aliphatic carbocycles. The van der Waals surface area contributed by atoms with Gasteiger partial charge in [-0.1, -0.05) is 32.0 Å². The Morgan fingerprint density at radius 1 is 1.25 bits per heavy atom. The van der Waals surface area contributed by atoms with Crippen molar-refractivity contribution >= 4 is 0 Å². The van der Waals surface area contributed by atoms with Gasteiger partial charge in [-0.2, -0.15) is 0 Å². The molecule has 1 rings (SSSR count). The number of benzene rings is 1. The first-order valence-corrected chi connectivity index (χ1v) is 6.10. The zero-order valence-corrected chi connectivity index (χ0v) is 10.9. The van der Waals surface area contributed by atoms with Crippen LogP contribution in [0.15, 0.2) is 18.2 Å². The fourth-order valence-electron chi connectivity index (χ4n) is 1.76. The van der Waals surface area contributed by atoms with Crippen molar-refractivity contribution in [3.05, 3.63) is 34.9 Å². The lowest BCUT2D eigenvalue weighted by molar-refractivity contribution is 0.630. The molecular formula is C14H24N2. The van der Waals surface area contributed by atoms with Crippen LogP contribution in [-0.4, -0.2) is 20.3 Å². The minimum atomic E-state index is 0.615. The van der Waals surface area contributed by atoms with Crippen molar-refractivity contribution in [1.82, 2.24) is 10.6 Å². The predicted molar refractivity (Wildman–Crippen MR) is 70.9 cm³/mol. The monoisotopic (exact) mass is 220 g/mol. The van der Waals surface area contributed by atoms with Gasteiger partial charge in [0.1, 0.15) is 0 Å². The summed E-state index contributed by atoms with van der Waals surface area (Å²) in [6, 6.07) is 6.83. The van der Waals surface area contributed by atoms with Crippen molar-refractivity contribution in [2.24, 2.45) is 0 Å². The Morgan fingerprint density at radius 3 is 2.62 bits per heavy atom. The molecule has 0 aliphatic rings. The van der Waals surface area contributed by atoms with Crippen molar-refractivity contribution in [3.8, 4) is 0 Å². The van der Waals surface area contributed by atoms with Gasteiger partial charge in [0.05, 0.1) is 0 Å². The zero-order valence-electron chi connectivity index (χ0n) is 10.9. The van der Waals surface area contributed by atoms with Gasteiger partial charge in [0, 0.05) is 13.2 Å². The van der Waals surface area contributed by atoms with Gasteiger partial charge in [-0.15, -0.1) is 0 Å². The van der Waals surface area contributed by atoms with Gasteiger partial charge >= 0.3 is 0 Å². The molecule has 2 N–H and O–H groups in total. The molecule has 0 fully saturated rings. The molecule has 0 radical (unpaired) electrons. The summed E-state index contributed by atoms with van der Waals surface area (Å²) in [6.07, 6.45) is 1.11. The molecule has 0 aliphatic heterocycles. The van der Waals surface area contributed by atoms with E-state index in [2.05, 4.69) is 49.6 Å². The Morgan fingerprint density at radius 2 is 2.00 bits per heavy atom. The van der Waals surface area contributed by atoms with Gasteiger partial charge in [-0.05, 0) is 43.0 Å². The molecule has 0 unspecified atom stereocenters. The van der Waals surface area contributed by atoms with Crippen molar-refractivity contribution in [1.29, 1.82) is 0 Å². The van der Waals surface area contributed by atoms with Crippen molar-refractivity contribution in [2.75, 3.05) is 20.3 Å². The van der Waals surface area contributed by atoms with Crippen LogP contribution in [-0.2, 0) is 6.42 Å². The molecule has 2 nitrogen and oxygen atoms in total. The SMILES string of the molecule is CNCNCCc1cc(C(C)C)ccc1C. The van der Waals surface area contributed by atoms with Gasteiger partial charge < -0.3 is 10.6 Å². The van der Waals surface area contributed by atoms with Gasteiger partial charge in [0.15, 0.2) is 0 Å². The normalized spacial score (nSPS) is 11.1. The number of hydrogen-bond donors (Lipinski definition) is 2. The van der Waals surface area contributed by atoms with Crippen LogP contribution in [0.5, 0.6) is 0 Å². The van der Waals surface area contributed by atoms with Gasteiger partial charge in [0.2, 0.25) is 0 Å². The highest BCUT2D eigenvalue weighted by Gasteiger charge is 2.03. The largest absolute Gasteiger partial charge is 0.308 e. The molecule has 0 spiro atoms. The van der Waals surface area contributed by atoms with Crippen LogP contribution in [0.25, 0.3) is 0 Å². The Bertz CT molecular complexity index is 319. The topological polar surface area (TPSA) is 24.1 Å². The molecule has 1 aromatic rings. The van der Waals surface area contributed by atoms with Crippen LogP contribution in [0.4, 0.5) is 0 Å². The first kappa shape index (κ1) is 13.2. The molecule has 90 valence electrons. The second-order valence-electron chi connectivity index (χ2n) is 4.62. The minimum Gasteiger partial charge on any atom is -0.308 e. The third kappa shape index (κ3) is 3.95. The summed E-state index contributed by atoms with van der Waals surface area (Å²) in [7, 11) is 1.96. The van der Waals surface area contributed by atoms with Crippen LogP contribution in [0.1, 0.15) is 36.5 Å². The fraction of sp³-hybridized carbons (Fsp3) is 0.571. The molecule has 0 saturated heterocycles. The quantitative estimate of drug-likeness (QED) is 0.568. The maximum Gasteiger partial charge on any atom is 0.0451 e. The second-order valence-corrected chi connectivity index (χ2v) is 4.62. The van der Waals surface area contributed by atoms with E-state index in [0.717, 1.165) is 19.6 Å². The summed E-state index contributed by atoms with van der Waals surface area (Å²) < 4.78 is 0. The van der Waals surface area contributed by atoms with Crippen molar-refractivity contribution in [3.63, 3.8) is 0 Å². The summed E-state index contributed by atoms with van der Waals surface area (Å²) in [4.78, 5) is 0. The van der Waals surface area contributed by atoms with Gasteiger partial charge in [0.25, 0.3) is 0 Å². The van der Waals surface area contributed by atoms with E-state index < -0.39 is 0 Å². The molecule has 0 amide bonds. The second kappa shape index (κ2) is 6.66. The Hall–Kier alpha value is -0.860. The number of rotatable bonds is 6. The van der Waals surface area contributed by atoms with E-state index in [1.807, 2.05) is 7.05 Å². The third-order valence-electron chi connectivity index (χ3n) is 2.91. The zero-order chi connectivity index (χ0) is 12.0. The average molecular weight is 220 g/mol. The first-order chi connectivity index (χ1) is 7.65. The van der Waals surface area contributed by atoms with Gasteiger partial charge in [-0.3, -0.25) is 0 Å². The highest BCUT2D eigenvalue weighted by atomic mass is 15.0. The molecule has 16 heavy (non-hydrogen) atoms. The van der Waals surface area contributed by atoms with Crippen LogP contribution in [0.2, 0.25) is 0 Å². The summed E-state index contributed by atoms with van der Waals surface area (Å²) in [5.41, 5.74) is 4.31. The summed E-state index contributed by atoms with van der Waals surface area (Å²) in [5.74, 6) is 0.615. The van der Waals surface area contributed by atoms with E-state index in [9.17, 15) is 0 Å². The summed E-state index contributed by atoms with van der Waals surface area (Å²) >= 11 is 0. The van der Waals surface area contributed by atoms with Crippen LogP contribution in [0.3, 0.4) is 0 Å². The summed E-state index contributed by atoms with van der Waals surface area (Å²) in [6.45, 7) is 8.59. The lowest BCUT2D eigenvalue weighted by Gasteiger charge is -2.11. The van der Waals surface area contributed by atoms with Gasteiger partial charge in [-0.25, -0.2) is 0 Å².